The van der Waals surface area contributed by atoms with Crippen molar-refractivity contribution in [3.63, 3.8) is 0 Å². The normalized spacial score (nSPS) is 14.9. The minimum Gasteiger partial charge on any atom is -0.465 e. The number of esters is 1. The van der Waals surface area contributed by atoms with Gasteiger partial charge in [-0.3, -0.25) is 4.79 Å². The molecule has 39 heavy (non-hydrogen) atoms. The lowest BCUT2D eigenvalue weighted by Crippen LogP contribution is -2.44. The van der Waals surface area contributed by atoms with Crippen LogP contribution in [0.1, 0.15) is 58.3 Å². The highest BCUT2D eigenvalue weighted by Crippen LogP contribution is 2.25. The van der Waals surface area contributed by atoms with E-state index in [1.54, 1.807) is 24.3 Å². The van der Waals surface area contributed by atoms with E-state index in [0.717, 1.165) is 43.8 Å². The SMILES string of the molecule is COC(=O)c1ccc(Oc2ccc(NC3CCN([C@H](C)CCNC(=O)c4c(C)ncnc4C)CC3)cc2)cc1. The Morgan fingerprint density at radius 3 is 2.15 bits per heavy atom. The summed E-state index contributed by atoms with van der Waals surface area (Å²) in [5.74, 6) is 0.912. The van der Waals surface area contributed by atoms with Crippen molar-refractivity contribution < 1.29 is 19.1 Å². The largest absolute Gasteiger partial charge is 0.465 e. The Hall–Kier alpha value is -3.98. The number of likely N-dealkylation sites (tertiary alicyclic amines) is 1. The second-order valence-corrected chi connectivity index (χ2v) is 9.91. The number of carbonyl (C=O) groups is 2. The van der Waals surface area contributed by atoms with Crippen LogP contribution in [0.25, 0.3) is 0 Å². The molecule has 2 N–H and O–H groups in total. The van der Waals surface area contributed by atoms with Crippen molar-refractivity contribution in [2.45, 2.75) is 52.1 Å². The lowest BCUT2D eigenvalue weighted by atomic mass is 10.0. The highest BCUT2D eigenvalue weighted by molar-refractivity contribution is 5.96. The number of hydrogen-bond acceptors (Lipinski definition) is 8. The molecular weight excluding hydrogens is 494 g/mol. The number of carbonyl (C=O) groups excluding carboxylic acids is 2. The Morgan fingerprint density at radius 2 is 1.56 bits per heavy atom. The molecule has 0 saturated carbocycles. The smallest absolute Gasteiger partial charge is 0.337 e. The predicted octanol–water partition coefficient (Wildman–Crippen LogP) is 4.76. The van der Waals surface area contributed by atoms with Crippen LogP contribution in [-0.2, 0) is 4.74 Å². The number of benzene rings is 2. The molecule has 0 radical (unpaired) electrons. The number of piperidine rings is 1. The van der Waals surface area contributed by atoms with Gasteiger partial charge in [0.05, 0.1) is 29.6 Å². The molecule has 1 amide bonds. The van der Waals surface area contributed by atoms with Gasteiger partial charge in [0.15, 0.2) is 0 Å². The molecule has 1 aliphatic heterocycles. The number of aromatic nitrogens is 2. The summed E-state index contributed by atoms with van der Waals surface area (Å²) in [6, 6.07) is 15.6. The molecule has 1 aromatic heterocycles. The summed E-state index contributed by atoms with van der Waals surface area (Å²) >= 11 is 0. The first-order chi connectivity index (χ1) is 18.8. The molecule has 0 aliphatic carbocycles. The summed E-state index contributed by atoms with van der Waals surface area (Å²) in [6.45, 7) is 8.54. The van der Waals surface area contributed by atoms with Crippen LogP contribution >= 0.6 is 0 Å². The van der Waals surface area contributed by atoms with Crippen LogP contribution in [0.3, 0.4) is 0 Å². The van der Waals surface area contributed by atoms with Gasteiger partial charge in [-0.25, -0.2) is 14.8 Å². The van der Waals surface area contributed by atoms with E-state index in [0.29, 0.717) is 46.9 Å². The average molecular weight is 532 g/mol. The number of anilines is 1. The molecule has 1 fully saturated rings. The number of hydrogen-bond donors (Lipinski definition) is 2. The molecule has 0 bridgehead atoms. The fraction of sp³-hybridized carbons (Fsp3) is 0.400. The first-order valence-corrected chi connectivity index (χ1v) is 13.4. The first kappa shape index (κ1) is 28.0. The molecule has 0 unspecified atom stereocenters. The lowest BCUT2D eigenvalue weighted by Gasteiger charge is -2.36. The van der Waals surface area contributed by atoms with Gasteiger partial charge in [0.2, 0.25) is 0 Å². The van der Waals surface area contributed by atoms with Gasteiger partial charge in [-0.05, 0) is 88.6 Å². The van der Waals surface area contributed by atoms with E-state index in [1.807, 2.05) is 38.1 Å². The summed E-state index contributed by atoms with van der Waals surface area (Å²) in [5.41, 5.74) is 3.53. The minimum atomic E-state index is -0.370. The summed E-state index contributed by atoms with van der Waals surface area (Å²) in [4.78, 5) is 34.9. The minimum absolute atomic E-state index is 0.103. The van der Waals surface area contributed by atoms with E-state index in [2.05, 4.69) is 32.4 Å². The topological polar surface area (TPSA) is 106 Å². The van der Waals surface area contributed by atoms with Gasteiger partial charge in [0, 0.05) is 37.4 Å². The fourth-order valence-corrected chi connectivity index (χ4v) is 4.84. The van der Waals surface area contributed by atoms with Crippen LogP contribution in [0, 0.1) is 13.8 Å². The van der Waals surface area contributed by atoms with Gasteiger partial charge in [-0.1, -0.05) is 0 Å². The van der Waals surface area contributed by atoms with Crippen molar-refractivity contribution >= 4 is 17.6 Å². The van der Waals surface area contributed by atoms with Crippen LogP contribution in [0.4, 0.5) is 5.69 Å². The van der Waals surface area contributed by atoms with Crippen LogP contribution < -0.4 is 15.4 Å². The maximum atomic E-state index is 12.6. The molecule has 1 atom stereocenters. The fourth-order valence-electron chi connectivity index (χ4n) is 4.84. The van der Waals surface area contributed by atoms with Crippen molar-refractivity contribution in [1.29, 1.82) is 0 Å². The number of nitrogens with zero attached hydrogens (tertiary/aromatic N) is 3. The van der Waals surface area contributed by atoms with Crippen LogP contribution in [0.2, 0.25) is 0 Å². The highest BCUT2D eigenvalue weighted by Gasteiger charge is 2.23. The van der Waals surface area contributed by atoms with E-state index in [-0.39, 0.29) is 11.9 Å². The van der Waals surface area contributed by atoms with Crippen molar-refractivity contribution in [1.82, 2.24) is 20.2 Å². The summed E-state index contributed by atoms with van der Waals surface area (Å²) in [6.07, 6.45) is 4.49. The van der Waals surface area contributed by atoms with Crippen LogP contribution in [0.15, 0.2) is 54.9 Å². The van der Waals surface area contributed by atoms with E-state index < -0.39 is 0 Å². The zero-order valence-corrected chi connectivity index (χ0v) is 23.1. The van der Waals surface area contributed by atoms with E-state index >= 15 is 0 Å². The molecule has 2 aromatic carbocycles. The maximum absolute atomic E-state index is 12.6. The number of aryl methyl sites for hydroxylation is 2. The first-order valence-electron chi connectivity index (χ1n) is 13.4. The Kier molecular flexibility index (Phi) is 9.49. The Labute approximate surface area is 229 Å². The predicted molar refractivity (Wildman–Crippen MR) is 150 cm³/mol. The van der Waals surface area contributed by atoms with Crippen molar-refractivity contribution in [3.05, 3.63) is 77.4 Å². The molecule has 1 aliphatic rings. The molecule has 9 nitrogen and oxygen atoms in total. The monoisotopic (exact) mass is 531 g/mol. The summed E-state index contributed by atoms with van der Waals surface area (Å²) < 4.78 is 10.6. The Morgan fingerprint density at radius 1 is 0.974 bits per heavy atom. The third-order valence-corrected chi connectivity index (χ3v) is 7.19. The molecular formula is C30H37N5O4. The van der Waals surface area contributed by atoms with Gasteiger partial charge in [-0.2, -0.15) is 0 Å². The average Bonchev–Trinajstić information content (AvgIpc) is 2.94. The second kappa shape index (κ2) is 13.2. The van der Waals surface area contributed by atoms with Crippen molar-refractivity contribution in [2.24, 2.45) is 0 Å². The van der Waals surface area contributed by atoms with Crippen molar-refractivity contribution in [3.8, 4) is 11.5 Å². The third kappa shape index (κ3) is 7.54. The molecule has 3 aromatic rings. The zero-order valence-electron chi connectivity index (χ0n) is 23.1. The van der Waals surface area contributed by atoms with Gasteiger partial charge in [0.25, 0.3) is 5.91 Å². The Bertz CT molecular complexity index is 1240. The molecule has 4 rings (SSSR count). The number of methoxy groups -OCH3 is 1. The maximum Gasteiger partial charge on any atom is 0.337 e. The van der Waals surface area contributed by atoms with Crippen LogP contribution in [0.5, 0.6) is 11.5 Å². The molecule has 206 valence electrons. The van der Waals surface area contributed by atoms with E-state index in [9.17, 15) is 9.59 Å². The lowest BCUT2D eigenvalue weighted by molar-refractivity contribution is 0.0600. The number of ether oxygens (including phenoxy) is 2. The highest BCUT2D eigenvalue weighted by atomic mass is 16.5. The third-order valence-electron chi connectivity index (χ3n) is 7.19. The number of rotatable bonds is 10. The number of amides is 1. The van der Waals surface area contributed by atoms with E-state index in [1.165, 1.54) is 13.4 Å². The summed E-state index contributed by atoms with van der Waals surface area (Å²) in [7, 11) is 1.36. The van der Waals surface area contributed by atoms with Gasteiger partial charge < -0.3 is 25.0 Å². The van der Waals surface area contributed by atoms with Gasteiger partial charge in [0.1, 0.15) is 17.8 Å². The summed E-state index contributed by atoms with van der Waals surface area (Å²) in [5, 5.41) is 6.68. The molecule has 9 heteroatoms. The van der Waals surface area contributed by atoms with Crippen molar-refractivity contribution in [2.75, 3.05) is 32.1 Å². The quantitative estimate of drug-likeness (QED) is 0.361. The van der Waals surface area contributed by atoms with Crippen LogP contribution in [-0.4, -0.2) is 65.6 Å². The molecule has 1 saturated heterocycles. The second-order valence-electron chi connectivity index (χ2n) is 9.91. The standard InChI is InChI=1S/C30H37N5O4/c1-20(13-16-31-29(36)28-21(2)32-19-33-22(28)3)35-17-14-25(15-18-35)34-24-7-11-27(12-8-24)39-26-9-5-23(6-10-26)30(37)38-4/h5-12,19-20,25,34H,13-18H2,1-4H3,(H,31,36)/t20-/m1/s1. The van der Waals surface area contributed by atoms with Gasteiger partial charge >= 0.3 is 5.97 Å². The Balaban J connectivity index is 1.18. The molecule has 0 spiro atoms. The van der Waals surface area contributed by atoms with E-state index in [4.69, 9.17) is 9.47 Å². The van der Waals surface area contributed by atoms with Gasteiger partial charge in [-0.15, -0.1) is 0 Å². The molecule has 2 heterocycles. The zero-order chi connectivity index (χ0) is 27.8. The number of nitrogens with one attached hydrogen (secondary N) is 2.